The number of nitrogens with zero attached hydrogens (tertiary/aromatic N) is 1. The molecule has 0 aliphatic heterocycles. The molecule has 2 aromatic carbocycles. The predicted octanol–water partition coefficient (Wildman–Crippen LogP) is 6.45. The standard InChI is InChI=1S/C24H31N/c1-7-10-23(19-11-15-21(16-12-19)24(4,5)6)20-13-17-22(18-14-20)25(8-2)9-3/h7,10-18H,1,8-9H2,2-6H3. The molecule has 1 heteroatoms. The molecule has 0 spiro atoms. The van der Waals surface area contributed by atoms with Gasteiger partial charge in [-0.3, -0.25) is 0 Å². The van der Waals surface area contributed by atoms with E-state index in [0.717, 1.165) is 13.1 Å². The average molecular weight is 334 g/mol. The number of allylic oxidation sites excluding steroid dienone is 2. The molecule has 0 aliphatic rings. The highest BCUT2D eigenvalue weighted by atomic mass is 15.1. The van der Waals surface area contributed by atoms with Crippen LogP contribution in [0, 0.1) is 0 Å². The summed E-state index contributed by atoms with van der Waals surface area (Å²) in [7, 11) is 0. The summed E-state index contributed by atoms with van der Waals surface area (Å²) in [5, 5.41) is 0. The quantitative estimate of drug-likeness (QED) is 0.549. The molecule has 2 aromatic rings. The second-order valence-corrected chi connectivity index (χ2v) is 7.36. The fourth-order valence-corrected chi connectivity index (χ4v) is 3.07. The van der Waals surface area contributed by atoms with Crippen molar-refractivity contribution in [1.82, 2.24) is 0 Å². The maximum atomic E-state index is 3.90. The Balaban J connectivity index is 2.36. The molecule has 2 rings (SSSR count). The van der Waals surface area contributed by atoms with Crippen molar-refractivity contribution < 1.29 is 0 Å². The molecule has 0 aromatic heterocycles. The first kappa shape index (κ1) is 19.1. The predicted molar refractivity (Wildman–Crippen MR) is 112 cm³/mol. The molecule has 0 saturated carbocycles. The van der Waals surface area contributed by atoms with Gasteiger partial charge in [-0.1, -0.05) is 75.9 Å². The normalized spacial score (nSPS) is 12.1. The van der Waals surface area contributed by atoms with Gasteiger partial charge in [0.1, 0.15) is 0 Å². The van der Waals surface area contributed by atoms with E-state index >= 15 is 0 Å². The van der Waals surface area contributed by atoms with Crippen molar-refractivity contribution in [3.8, 4) is 0 Å². The minimum absolute atomic E-state index is 0.173. The Bertz CT molecular complexity index is 708. The van der Waals surface area contributed by atoms with E-state index in [4.69, 9.17) is 0 Å². The van der Waals surface area contributed by atoms with Crippen LogP contribution in [-0.4, -0.2) is 13.1 Å². The number of hydrogen-bond acceptors (Lipinski definition) is 1. The largest absolute Gasteiger partial charge is 0.372 e. The fraction of sp³-hybridized carbons (Fsp3) is 0.333. The molecule has 0 amide bonds. The lowest BCUT2D eigenvalue weighted by Crippen LogP contribution is -2.21. The number of rotatable bonds is 6. The fourth-order valence-electron chi connectivity index (χ4n) is 3.07. The second-order valence-electron chi connectivity index (χ2n) is 7.36. The zero-order valence-corrected chi connectivity index (χ0v) is 16.3. The molecule has 0 atom stereocenters. The van der Waals surface area contributed by atoms with Crippen LogP contribution in [0.25, 0.3) is 5.57 Å². The van der Waals surface area contributed by atoms with Crippen LogP contribution in [0.4, 0.5) is 5.69 Å². The highest BCUT2D eigenvalue weighted by Crippen LogP contribution is 2.29. The maximum Gasteiger partial charge on any atom is 0.0366 e. The van der Waals surface area contributed by atoms with Gasteiger partial charge in [0.05, 0.1) is 0 Å². The number of anilines is 1. The Kier molecular flexibility index (Phi) is 6.25. The first-order chi connectivity index (χ1) is 11.9. The molecule has 25 heavy (non-hydrogen) atoms. The SMILES string of the molecule is C=CC=C(c1ccc(N(CC)CC)cc1)c1ccc(C(C)(C)C)cc1. The van der Waals surface area contributed by atoms with E-state index in [-0.39, 0.29) is 5.41 Å². The van der Waals surface area contributed by atoms with Crippen LogP contribution >= 0.6 is 0 Å². The first-order valence-corrected chi connectivity index (χ1v) is 9.19. The number of hydrogen-bond donors (Lipinski definition) is 0. The van der Waals surface area contributed by atoms with Gasteiger partial charge in [0.2, 0.25) is 0 Å². The Morgan fingerprint density at radius 3 is 1.76 bits per heavy atom. The van der Waals surface area contributed by atoms with Crippen molar-refractivity contribution in [2.45, 2.75) is 40.0 Å². The van der Waals surface area contributed by atoms with Gasteiger partial charge in [0.15, 0.2) is 0 Å². The third-order valence-corrected chi connectivity index (χ3v) is 4.65. The molecule has 0 bridgehead atoms. The summed E-state index contributed by atoms with van der Waals surface area (Å²) in [6.07, 6.45) is 3.96. The van der Waals surface area contributed by atoms with Gasteiger partial charge in [-0.25, -0.2) is 0 Å². The lowest BCUT2D eigenvalue weighted by molar-refractivity contribution is 0.590. The maximum absolute atomic E-state index is 3.90. The van der Waals surface area contributed by atoms with Gasteiger partial charge < -0.3 is 4.90 Å². The number of benzene rings is 2. The summed E-state index contributed by atoms with van der Waals surface area (Å²) in [6, 6.07) is 17.7. The van der Waals surface area contributed by atoms with Crippen molar-refractivity contribution in [2.75, 3.05) is 18.0 Å². The molecule has 0 N–H and O–H groups in total. The van der Waals surface area contributed by atoms with Crippen LogP contribution in [0.5, 0.6) is 0 Å². The Hall–Kier alpha value is -2.28. The van der Waals surface area contributed by atoms with Gasteiger partial charge in [0.25, 0.3) is 0 Å². The summed E-state index contributed by atoms with van der Waals surface area (Å²) < 4.78 is 0. The molecule has 0 heterocycles. The molecule has 1 nitrogen and oxygen atoms in total. The highest BCUT2D eigenvalue weighted by molar-refractivity contribution is 5.81. The molecule has 132 valence electrons. The molecule has 0 fully saturated rings. The smallest absolute Gasteiger partial charge is 0.0366 e. The zero-order chi connectivity index (χ0) is 18.4. The molecule has 0 unspecified atom stereocenters. The molecular formula is C24H31N. The van der Waals surface area contributed by atoms with Crippen molar-refractivity contribution in [2.24, 2.45) is 0 Å². The Morgan fingerprint density at radius 2 is 1.36 bits per heavy atom. The van der Waals surface area contributed by atoms with Gasteiger partial charge >= 0.3 is 0 Å². The summed E-state index contributed by atoms with van der Waals surface area (Å²) in [6.45, 7) is 17.1. The van der Waals surface area contributed by atoms with Crippen molar-refractivity contribution >= 4 is 11.3 Å². The monoisotopic (exact) mass is 333 g/mol. The van der Waals surface area contributed by atoms with E-state index < -0.39 is 0 Å². The minimum Gasteiger partial charge on any atom is -0.372 e. The van der Waals surface area contributed by atoms with Crippen molar-refractivity contribution in [1.29, 1.82) is 0 Å². The summed E-state index contributed by atoms with van der Waals surface area (Å²) >= 11 is 0. The van der Waals surface area contributed by atoms with E-state index in [0.29, 0.717) is 0 Å². The van der Waals surface area contributed by atoms with Gasteiger partial charge in [-0.05, 0) is 53.7 Å². The van der Waals surface area contributed by atoms with Crippen molar-refractivity contribution in [3.05, 3.63) is 84.0 Å². The third-order valence-electron chi connectivity index (χ3n) is 4.65. The molecular weight excluding hydrogens is 302 g/mol. The lowest BCUT2D eigenvalue weighted by atomic mass is 9.85. The van der Waals surface area contributed by atoms with Crippen LogP contribution in [0.2, 0.25) is 0 Å². The van der Waals surface area contributed by atoms with Crippen LogP contribution < -0.4 is 4.90 Å². The first-order valence-electron chi connectivity index (χ1n) is 9.19. The average Bonchev–Trinajstić information content (AvgIpc) is 2.61. The summed E-state index contributed by atoms with van der Waals surface area (Å²) in [5.41, 5.74) is 6.46. The highest BCUT2D eigenvalue weighted by Gasteiger charge is 2.14. The van der Waals surface area contributed by atoms with Gasteiger partial charge in [-0.15, -0.1) is 0 Å². The van der Waals surface area contributed by atoms with Crippen molar-refractivity contribution in [3.63, 3.8) is 0 Å². The van der Waals surface area contributed by atoms with Gasteiger partial charge in [0, 0.05) is 18.8 Å². The van der Waals surface area contributed by atoms with E-state index in [9.17, 15) is 0 Å². The second kappa shape index (κ2) is 8.20. The third kappa shape index (κ3) is 4.63. The lowest BCUT2D eigenvalue weighted by Gasteiger charge is -2.22. The minimum atomic E-state index is 0.173. The summed E-state index contributed by atoms with van der Waals surface area (Å²) in [4.78, 5) is 2.36. The molecule has 0 radical (unpaired) electrons. The summed E-state index contributed by atoms with van der Waals surface area (Å²) in [5.74, 6) is 0. The van der Waals surface area contributed by atoms with Gasteiger partial charge in [-0.2, -0.15) is 0 Å². The van der Waals surface area contributed by atoms with E-state index in [2.05, 4.69) is 101 Å². The van der Waals surface area contributed by atoms with E-state index in [1.807, 2.05) is 6.08 Å². The van der Waals surface area contributed by atoms with Crippen LogP contribution in [-0.2, 0) is 5.41 Å². The van der Waals surface area contributed by atoms with Crippen LogP contribution in [0.1, 0.15) is 51.3 Å². The van der Waals surface area contributed by atoms with E-state index in [1.165, 1.54) is 28.0 Å². The van der Waals surface area contributed by atoms with Crippen LogP contribution in [0.15, 0.2) is 67.3 Å². The molecule has 0 aliphatic carbocycles. The topological polar surface area (TPSA) is 3.24 Å². The Labute approximate surface area is 153 Å². The Morgan fingerprint density at radius 1 is 0.880 bits per heavy atom. The van der Waals surface area contributed by atoms with Crippen LogP contribution in [0.3, 0.4) is 0 Å². The zero-order valence-electron chi connectivity index (χ0n) is 16.3. The van der Waals surface area contributed by atoms with E-state index in [1.54, 1.807) is 0 Å². The molecule has 0 saturated heterocycles.